The van der Waals surface area contributed by atoms with Crippen LogP contribution in [0.25, 0.3) is 0 Å². The summed E-state index contributed by atoms with van der Waals surface area (Å²) in [6.45, 7) is 0. The topological polar surface area (TPSA) is 71.5 Å². The van der Waals surface area contributed by atoms with Crippen molar-refractivity contribution in [2.75, 3.05) is 12.4 Å². The van der Waals surface area contributed by atoms with Crippen molar-refractivity contribution >= 4 is 22.4 Å². The molecule has 0 unspecified atom stereocenters. The fourth-order valence-electron chi connectivity index (χ4n) is 2.27. The van der Waals surface area contributed by atoms with Crippen LogP contribution in [-0.2, 0) is 6.42 Å². The molecule has 3 aromatic rings. The Hall–Kier alpha value is -2.93. The van der Waals surface area contributed by atoms with E-state index < -0.39 is 5.91 Å². The van der Waals surface area contributed by atoms with Crippen LogP contribution in [0, 0.1) is 5.82 Å². The maximum atomic E-state index is 13.7. The second-order valence-corrected chi connectivity index (χ2v) is 6.35. The van der Waals surface area contributed by atoms with Gasteiger partial charge < -0.3 is 9.84 Å². The van der Waals surface area contributed by atoms with Crippen molar-refractivity contribution in [3.05, 3.63) is 70.5 Å². The average molecular weight is 358 g/mol. The lowest BCUT2D eigenvalue weighted by molar-refractivity contribution is 0.102. The highest BCUT2D eigenvalue weighted by atomic mass is 32.1. The molecular formula is C18H15FN2O3S. The molecule has 0 radical (unpaired) electrons. The molecule has 7 heteroatoms. The van der Waals surface area contributed by atoms with Crippen molar-refractivity contribution in [2.24, 2.45) is 0 Å². The summed E-state index contributed by atoms with van der Waals surface area (Å²) < 4.78 is 18.7. The van der Waals surface area contributed by atoms with Gasteiger partial charge in [-0.25, -0.2) is 9.37 Å². The van der Waals surface area contributed by atoms with Gasteiger partial charge in [-0.3, -0.25) is 10.1 Å². The number of halogens is 1. The average Bonchev–Trinajstić information content (AvgIpc) is 3.03. The van der Waals surface area contributed by atoms with Gasteiger partial charge in [0.2, 0.25) is 0 Å². The number of anilines is 1. The number of carbonyl (C=O) groups is 1. The van der Waals surface area contributed by atoms with Crippen molar-refractivity contribution < 1.29 is 19.0 Å². The SMILES string of the molecule is COc1ccc(C(=O)Nc2ncc(Cc3ccccc3F)s2)c(O)c1. The van der Waals surface area contributed by atoms with Gasteiger partial charge in [0.05, 0.1) is 12.7 Å². The largest absolute Gasteiger partial charge is 0.507 e. The molecule has 1 heterocycles. The minimum atomic E-state index is -0.480. The van der Waals surface area contributed by atoms with Crippen LogP contribution in [0.3, 0.4) is 0 Å². The highest BCUT2D eigenvalue weighted by Gasteiger charge is 2.14. The summed E-state index contributed by atoms with van der Waals surface area (Å²) in [5.41, 5.74) is 0.684. The molecular weight excluding hydrogens is 343 g/mol. The molecule has 0 bridgehead atoms. The van der Waals surface area contributed by atoms with Gasteiger partial charge in [-0.2, -0.15) is 0 Å². The third-order valence-corrected chi connectivity index (χ3v) is 4.46. The number of hydrogen-bond acceptors (Lipinski definition) is 5. The van der Waals surface area contributed by atoms with Crippen LogP contribution in [0.4, 0.5) is 9.52 Å². The molecule has 2 aromatic carbocycles. The third-order valence-electron chi connectivity index (χ3n) is 3.55. The molecule has 2 N–H and O–H groups in total. The smallest absolute Gasteiger partial charge is 0.261 e. The minimum absolute atomic E-state index is 0.117. The summed E-state index contributed by atoms with van der Waals surface area (Å²) in [7, 11) is 1.47. The van der Waals surface area contributed by atoms with Crippen molar-refractivity contribution in [2.45, 2.75) is 6.42 Å². The van der Waals surface area contributed by atoms with E-state index in [4.69, 9.17) is 4.74 Å². The first-order chi connectivity index (χ1) is 12.1. The molecule has 0 saturated heterocycles. The van der Waals surface area contributed by atoms with Gasteiger partial charge >= 0.3 is 0 Å². The van der Waals surface area contributed by atoms with Gasteiger partial charge in [-0.15, -0.1) is 11.3 Å². The van der Waals surface area contributed by atoms with Gasteiger partial charge in [0.1, 0.15) is 17.3 Å². The standard InChI is InChI=1S/C18H15FN2O3S/c1-24-12-6-7-14(16(22)9-12)17(23)21-18-20-10-13(25-18)8-11-4-2-3-5-15(11)19/h2-7,9-10,22H,8H2,1H3,(H,20,21,23). The second-order valence-electron chi connectivity index (χ2n) is 5.24. The quantitative estimate of drug-likeness (QED) is 0.727. The van der Waals surface area contributed by atoms with Crippen LogP contribution in [0.2, 0.25) is 0 Å². The summed E-state index contributed by atoms with van der Waals surface area (Å²) >= 11 is 1.26. The number of amides is 1. The van der Waals surface area contributed by atoms with Gasteiger partial charge in [-0.05, 0) is 23.8 Å². The third kappa shape index (κ3) is 3.95. The number of thiazole rings is 1. The Bertz CT molecular complexity index is 911. The van der Waals surface area contributed by atoms with E-state index in [9.17, 15) is 14.3 Å². The predicted molar refractivity (Wildman–Crippen MR) is 93.9 cm³/mol. The number of aromatic nitrogens is 1. The van der Waals surface area contributed by atoms with Crippen molar-refractivity contribution in [3.8, 4) is 11.5 Å². The lowest BCUT2D eigenvalue weighted by Crippen LogP contribution is -2.11. The number of carbonyl (C=O) groups excluding carboxylic acids is 1. The summed E-state index contributed by atoms with van der Waals surface area (Å²) in [4.78, 5) is 17.2. The minimum Gasteiger partial charge on any atom is -0.507 e. The van der Waals surface area contributed by atoms with Crippen LogP contribution in [0.1, 0.15) is 20.8 Å². The van der Waals surface area contributed by atoms with Crippen LogP contribution in [-0.4, -0.2) is 23.1 Å². The lowest BCUT2D eigenvalue weighted by Gasteiger charge is -2.06. The highest BCUT2D eigenvalue weighted by Crippen LogP contribution is 2.26. The van der Waals surface area contributed by atoms with Crippen LogP contribution in [0.5, 0.6) is 11.5 Å². The van der Waals surface area contributed by atoms with Gasteiger partial charge in [-0.1, -0.05) is 18.2 Å². The Morgan fingerprint density at radius 3 is 2.84 bits per heavy atom. The van der Waals surface area contributed by atoms with E-state index >= 15 is 0 Å². The number of aromatic hydroxyl groups is 1. The normalized spacial score (nSPS) is 10.5. The molecule has 1 amide bonds. The number of ether oxygens (including phenoxy) is 1. The second kappa shape index (κ2) is 7.31. The number of phenols is 1. The molecule has 0 aliphatic carbocycles. The van der Waals surface area contributed by atoms with E-state index in [1.54, 1.807) is 30.5 Å². The van der Waals surface area contributed by atoms with Crippen LogP contribution >= 0.6 is 11.3 Å². The molecule has 0 fully saturated rings. The van der Waals surface area contributed by atoms with Crippen molar-refractivity contribution in [1.29, 1.82) is 0 Å². The number of phenolic OH excluding ortho intramolecular Hbond substituents is 1. The van der Waals surface area contributed by atoms with E-state index in [0.717, 1.165) is 4.88 Å². The number of methoxy groups -OCH3 is 1. The zero-order valence-corrected chi connectivity index (χ0v) is 14.1. The lowest BCUT2D eigenvalue weighted by atomic mass is 10.1. The van der Waals surface area contributed by atoms with Crippen LogP contribution < -0.4 is 10.1 Å². The molecule has 0 aliphatic rings. The van der Waals surface area contributed by atoms with E-state index in [2.05, 4.69) is 10.3 Å². The molecule has 3 rings (SSSR count). The number of rotatable bonds is 5. The maximum absolute atomic E-state index is 13.7. The molecule has 1 aromatic heterocycles. The fourth-order valence-corrected chi connectivity index (χ4v) is 3.10. The number of benzene rings is 2. The zero-order valence-electron chi connectivity index (χ0n) is 13.3. The molecule has 0 saturated carbocycles. The van der Waals surface area contributed by atoms with Gasteiger partial charge in [0, 0.05) is 23.6 Å². The zero-order chi connectivity index (χ0) is 17.8. The number of nitrogens with one attached hydrogen (secondary N) is 1. The Balaban J connectivity index is 1.71. The molecule has 0 atom stereocenters. The number of hydrogen-bond donors (Lipinski definition) is 2. The monoisotopic (exact) mass is 358 g/mol. The first kappa shape index (κ1) is 16.9. The Morgan fingerprint density at radius 1 is 1.32 bits per heavy atom. The predicted octanol–water partition coefficient (Wildman–Crippen LogP) is 3.84. The fraction of sp³-hybridized carbons (Fsp3) is 0.111. The van der Waals surface area contributed by atoms with Gasteiger partial charge in [0.15, 0.2) is 5.13 Å². The molecule has 25 heavy (non-hydrogen) atoms. The Kier molecular flexibility index (Phi) is 4.95. The first-order valence-corrected chi connectivity index (χ1v) is 8.25. The van der Waals surface area contributed by atoms with E-state index in [1.807, 2.05) is 0 Å². The summed E-state index contributed by atoms with van der Waals surface area (Å²) in [6.07, 6.45) is 1.99. The molecule has 0 spiro atoms. The summed E-state index contributed by atoms with van der Waals surface area (Å²) in [5.74, 6) is -0.480. The summed E-state index contributed by atoms with van der Waals surface area (Å²) in [5, 5.41) is 12.9. The first-order valence-electron chi connectivity index (χ1n) is 7.43. The molecule has 5 nitrogen and oxygen atoms in total. The van der Waals surface area contributed by atoms with Crippen molar-refractivity contribution in [1.82, 2.24) is 4.98 Å². The Labute approximate surface area is 147 Å². The molecule has 128 valence electrons. The Morgan fingerprint density at radius 2 is 2.12 bits per heavy atom. The van der Waals surface area contributed by atoms with Crippen molar-refractivity contribution in [3.63, 3.8) is 0 Å². The number of nitrogens with zero attached hydrogens (tertiary/aromatic N) is 1. The van der Waals surface area contributed by atoms with E-state index in [0.29, 0.717) is 22.9 Å². The highest BCUT2D eigenvalue weighted by molar-refractivity contribution is 7.15. The summed E-state index contributed by atoms with van der Waals surface area (Å²) in [6, 6.07) is 10.9. The molecule has 0 aliphatic heterocycles. The van der Waals surface area contributed by atoms with Crippen LogP contribution in [0.15, 0.2) is 48.7 Å². The van der Waals surface area contributed by atoms with E-state index in [1.165, 1.54) is 36.6 Å². The van der Waals surface area contributed by atoms with Gasteiger partial charge in [0.25, 0.3) is 5.91 Å². The van der Waals surface area contributed by atoms with E-state index in [-0.39, 0.29) is 17.1 Å². The maximum Gasteiger partial charge on any atom is 0.261 e.